The Morgan fingerprint density at radius 2 is 2.35 bits per heavy atom. The van der Waals surface area contributed by atoms with Gasteiger partial charge in [0, 0.05) is 12.6 Å². The Hall–Kier alpha value is -1.80. The quantitative estimate of drug-likeness (QED) is 0.638. The minimum Gasteiger partial charge on any atom is -0.330 e. The molecule has 7 nitrogen and oxygen atoms in total. The standard InChI is InChI=1S/C9H11N5O2S/c10-4-1-5-13-6-7(11-12-13)8-2-3-9(17-8)14(15)16/h2-3,6H,1,4-5,10H2. The van der Waals surface area contributed by atoms with Crippen molar-refractivity contribution in [1.82, 2.24) is 15.0 Å². The van der Waals surface area contributed by atoms with Crippen molar-refractivity contribution < 1.29 is 4.92 Å². The van der Waals surface area contributed by atoms with Crippen LogP contribution in [0.25, 0.3) is 10.6 Å². The second-order valence-corrected chi connectivity index (χ2v) is 4.47. The molecule has 0 fully saturated rings. The van der Waals surface area contributed by atoms with Gasteiger partial charge in [0.05, 0.1) is 16.0 Å². The molecule has 2 N–H and O–H groups in total. The summed E-state index contributed by atoms with van der Waals surface area (Å²) in [5.41, 5.74) is 6.05. The van der Waals surface area contributed by atoms with Crippen molar-refractivity contribution in [2.45, 2.75) is 13.0 Å². The minimum atomic E-state index is -0.410. The molecule has 2 rings (SSSR count). The van der Waals surface area contributed by atoms with Crippen LogP contribution in [0.4, 0.5) is 5.00 Å². The number of hydrogen-bond donors (Lipinski definition) is 1. The molecule has 8 heteroatoms. The van der Waals surface area contributed by atoms with E-state index in [1.807, 2.05) is 0 Å². The Bertz CT molecular complexity index is 521. The molecule has 0 saturated carbocycles. The van der Waals surface area contributed by atoms with Crippen molar-refractivity contribution in [3.05, 3.63) is 28.4 Å². The van der Waals surface area contributed by atoms with Crippen LogP contribution in [0.15, 0.2) is 18.3 Å². The van der Waals surface area contributed by atoms with Gasteiger partial charge in [0.25, 0.3) is 0 Å². The first-order valence-corrected chi connectivity index (χ1v) is 5.87. The molecule has 0 aliphatic rings. The number of aryl methyl sites for hydroxylation is 1. The van der Waals surface area contributed by atoms with Crippen LogP contribution < -0.4 is 5.73 Å². The fraction of sp³-hybridized carbons (Fsp3) is 0.333. The van der Waals surface area contributed by atoms with Gasteiger partial charge in [-0.3, -0.25) is 14.8 Å². The molecule has 17 heavy (non-hydrogen) atoms. The Morgan fingerprint density at radius 1 is 1.53 bits per heavy atom. The summed E-state index contributed by atoms with van der Waals surface area (Å²) in [5, 5.41) is 18.6. The van der Waals surface area contributed by atoms with E-state index < -0.39 is 4.92 Å². The molecule has 0 spiro atoms. The molecule has 0 aliphatic carbocycles. The number of rotatable bonds is 5. The summed E-state index contributed by atoms with van der Waals surface area (Å²) in [6, 6.07) is 3.15. The van der Waals surface area contributed by atoms with Crippen LogP contribution >= 0.6 is 11.3 Å². The zero-order valence-corrected chi connectivity index (χ0v) is 9.76. The topological polar surface area (TPSA) is 99.9 Å². The Kier molecular flexibility index (Phi) is 3.45. The molecule has 90 valence electrons. The van der Waals surface area contributed by atoms with Crippen molar-refractivity contribution in [3.63, 3.8) is 0 Å². The van der Waals surface area contributed by atoms with Crippen LogP contribution in [0.3, 0.4) is 0 Å². The average molecular weight is 253 g/mol. The molecule has 0 radical (unpaired) electrons. The van der Waals surface area contributed by atoms with E-state index in [0.29, 0.717) is 18.8 Å². The summed E-state index contributed by atoms with van der Waals surface area (Å²) >= 11 is 1.09. The number of thiophene rings is 1. The van der Waals surface area contributed by atoms with Crippen LogP contribution in [0.2, 0.25) is 0 Å². The van der Waals surface area contributed by atoms with E-state index in [9.17, 15) is 10.1 Å². The predicted octanol–water partition coefficient (Wildman–Crippen LogP) is 1.26. The van der Waals surface area contributed by atoms with Gasteiger partial charge in [0.15, 0.2) is 0 Å². The molecule has 0 aliphatic heterocycles. The predicted molar refractivity (Wildman–Crippen MR) is 63.7 cm³/mol. The van der Waals surface area contributed by atoms with Crippen molar-refractivity contribution in [1.29, 1.82) is 0 Å². The summed E-state index contributed by atoms with van der Waals surface area (Å²) in [6.45, 7) is 1.30. The van der Waals surface area contributed by atoms with E-state index >= 15 is 0 Å². The van der Waals surface area contributed by atoms with Gasteiger partial charge in [-0.1, -0.05) is 16.6 Å². The van der Waals surface area contributed by atoms with Crippen LogP contribution in [0.1, 0.15) is 6.42 Å². The number of hydrogen-bond acceptors (Lipinski definition) is 6. The third-order valence-electron chi connectivity index (χ3n) is 2.15. The first-order chi connectivity index (χ1) is 8.20. The molecule has 0 amide bonds. The van der Waals surface area contributed by atoms with Gasteiger partial charge in [-0.15, -0.1) is 5.10 Å². The number of nitro groups is 1. The van der Waals surface area contributed by atoms with Gasteiger partial charge in [-0.05, 0) is 19.0 Å². The summed E-state index contributed by atoms with van der Waals surface area (Å²) in [4.78, 5) is 10.9. The van der Waals surface area contributed by atoms with E-state index in [1.165, 1.54) is 6.07 Å². The highest BCUT2D eigenvalue weighted by Crippen LogP contribution is 2.31. The summed E-state index contributed by atoms with van der Waals surface area (Å²) < 4.78 is 1.69. The lowest BCUT2D eigenvalue weighted by Crippen LogP contribution is -2.06. The molecule has 0 saturated heterocycles. The summed E-state index contributed by atoms with van der Waals surface area (Å²) in [6.07, 6.45) is 2.60. The van der Waals surface area contributed by atoms with Gasteiger partial charge in [-0.2, -0.15) is 0 Å². The minimum absolute atomic E-state index is 0.108. The second kappa shape index (κ2) is 5.02. The largest absolute Gasteiger partial charge is 0.330 e. The molecule has 2 aromatic heterocycles. The van der Waals surface area contributed by atoms with Crippen molar-refractivity contribution in [2.75, 3.05) is 6.54 Å². The third-order valence-corrected chi connectivity index (χ3v) is 3.21. The van der Waals surface area contributed by atoms with Gasteiger partial charge in [-0.25, -0.2) is 0 Å². The first-order valence-electron chi connectivity index (χ1n) is 5.05. The number of aromatic nitrogens is 3. The Balaban J connectivity index is 2.15. The fourth-order valence-corrected chi connectivity index (χ4v) is 2.11. The highest BCUT2D eigenvalue weighted by molar-refractivity contribution is 7.18. The molecule has 2 aromatic rings. The molecular weight excluding hydrogens is 242 g/mol. The highest BCUT2D eigenvalue weighted by Gasteiger charge is 2.13. The van der Waals surface area contributed by atoms with Crippen molar-refractivity contribution in [3.8, 4) is 10.6 Å². The Labute approximate surface area is 101 Å². The van der Waals surface area contributed by atoms with Crippen LogP contribution in [-0.4, -0.2) is 26.5 Å². The van der Waals surface area contributed by atoms with Gasteiger partial charge >= 0.3 is 5.00 Å². The van der Waals surface area contributed by atoms with Gasteiger partial charge in [0.2, 0.25) is 0 Å². The third kappa shape index (κ3) is 2.66. The van der Waals surface area contributed by atoms with Gasteiger partial charge in [0.1, 0.15) is 5.69 Å². The van der Waals surface area contributed by atoms with Crippen molar-refractivity contribution >= 4 is 16.3 Å². The van der Waals surface area contributed by atoms with E-state index in [4.69, 9.17) is 5.73 Å². The van der Waals surface area contributed by atoms with Crippen LogP contribution in [0.5, 0.6) is 0 Å². The molecule has 0 aromatic carbocycles. The second-order valence-electron chi connectivity index (χ2n) is 3.40. The van der Waals surface area contributed by atoms with Crippen LogP contribution in [0, 0.1) is 10.1 Å². The van der Waals surface area contributed by atoms with E-state index in [2.05, 4.69) is 10.3 Å². The Morgan fingerprint density at radius 3 is 3.00 bits per heavy atom. The maximum Gasteiger partial charge on any atom is 0.324 e. The molecule has 0 unspecified atom stereocenters. The molecule has 0 atom stereocenters. The number of nitrogens with two attached hydrogens (primary N) is 1. The first kappa shape index (κ1) is 11.7. The van der Waals surface area contributed by atoms with E-state index in [0.717, 1.165) is 22.6 Å². The lowest BCUT2D eigenvalue weighted by molar-refractivity contribution is -0.380. The zero-order valence-electron chi connectivity index (χ0n) is 8.94. The SMILES string of the molecule is NCCCn1cc(-c2ccc([N+](=O)[O-])s2)nn1. The fourth-order valence-electron chi connectivity index (χ4n) is 1.34. The normalized spacial score (nSPS) is 10.6. The lowest BCUT2D eigenvalue weighted by atomic mass is 10.4. The highest BCUT2D eigenvalue weighted by atomic mass is 32.1. The summed E-state index contributed by atoms with van der Waals surface area (Å²) in [7, 11) is 0. The smallest absolute Gasteiger partial charge is 0.324 e. The average Bonchev–Trinajstić information content (AvgIpc) is 2.94. The molecule has 2 heterocycles. The van der Waals surface area contributed by atoms with E-state index in [-0.39, 0.29) is 5.00 Å². The maximum atomic E-state index is 10.6. The van der Waals surface area contributed by atoms with Crippen molar-refractivity contribution in [2.24, 2.45) is 5.73 Å². The van der Waals surface area contributed by atoms with Gasteiger partial charge < -0.3 is 5.73 Å². The van der Waals surface area contributed by atoms with E-state index in [1.54, 1.807) is 16.9 Å². The molecular formula is C9H11N5O2S. The van der Waals surface area contributed by atoms with Crippen LogP contribution in [-0.2, 0) is 6.54 Å². The lowest BCUT2D eigenvalue weighted by Gasteiger charge is -1.95. The zero-order chi connectivity index (χ0) is 12.3. The maximum absolute atomic E-state index is 10.6. The number of nitrogens with zero attached hydrogens (tertiary/aromatic N) is 4. The molecule has 0 bridgehead atoms. The monoisotopic (exact) mass is 253 g/mol. The summed E-state index contributed by atoms with van der Waals surface area (Å²) in [5.74, 6) is 0.